The van der Waals surface area contributed by atoms with Crippen molar-refractivity contribution < 1.29 is 47.3 Å². The van der Waals surface area contributed by atoms with Gasteiger partial charge in [0.1, 0.15) is 0 Å². The Bertz CT molecular complexity index is 1300. The number of nitrogens with two attached hydrogens (primary N) is 1. The predicted molar refractivity (Wildman–Crippen MR) is 148 cm³/mol. The van der Waals surface area contributed by atoms with E-state index in [2.05, 4.69) is 10.3 Å². The van der Waals surface area contributed by atoms with Crippen molar-refractivity contribution in [3.8, 4) is 11.5 Å². The summed E-state index contributed by atoms with van der Waals surface area (Å²) in [7, 11) is -3.15. The molecule has 1 aliphatic carbocycles. The van der Waals surface area contributed by atoms with E-state index in [0.717, 1.165) is 5.56 Å². The number of carbonyl (C=O) groups excluding carboxylic acids is 2. The lowest BCUT2D eigenvalue weighted by Gasteiger charge is -2.20. The summed E-state index contributed by atoms with van der Waals surface area (Å²) >= 11 is 0. The topological polar surface area (TPSA) is 233 Å². The van der Waals surface area contributed by atoms with Crippen molar-refractivity contribution in [3.05, 3.63) is 54.1 Å². The zero-order chi connectivity index (χ0) is 30.6. The summed E-state index contributed by atoms with van der Waals surface area (Å²) in [6, 6.07) is 11.4. The molecule has 0 saturated heterocycles. The molecule has 8 N–H and O–H groups in total. The summed E-state index contributed by atoms with van der Waals surface area (Å²) in [4.78, 5) is 28.2. The summed E-state index contributed by atoms with van der Waals surface area (Å²) in [5, 5.41) is 30.0. The maximum atomic E-state index is 12.5. The fraction of sp³-hybridized carbons (Fsp3) is 0.375. The van der Waals surface area contributed by atoms with Crippen molar-refractivity contribution >= 4 is 35.3 Å². The van der Waals surface area contributed by atoms with Crippen LogP contribution < -0.4 is 26.0 Å². The molecule has 2 unspecified atom stereocenters. The molecule has 0 aromatic heterocycles. The van der Waals surface area contributed by atoms with Crippen LogP contribution in [0.1, 0.15) is 24.8 Å². The Morgan fingerprint density at radius 3 is 2.29 bits per heavy atom. The average molecular weight is 595 g/mol. The monoisotopic (exact) mass is 595 g/mol. The highest BCUT2D eigenvalue weighted by atomic mass is 32.2. The van der Waals surface area contributed by atoms with Crippen LogP contribution in [0.5, 0.6) is 11.5 Å². The number of amides is 3. The zero-order valence-corrected chi connectivity index (χ0v) is 23.3. The smallest absolute Gasteiger partial charge is 0.493 e. The molecule has 15 nitrogen and oxygen atoms in total. The Hall–Kier alpha value is -3.90. The van der Waals surface area contributed by atoms with Crippen LogP contribution in [-0.2, 0) is 21.3 Å². The van der Waals surface area contributed by atoms with Gasteiger partial charge in [0.2, 0.25) is 5.91 Å². The number of aliphatic imine (C=N–C) groups is 1. The largest absolute Gasteiger partial charge is 0.598 e. The Morgan fingerprint density at radius 2 is 1.76 bits per heavy atom. The minimum atomic E-state index is -4.00. The quantitative estimate of drug-likeness (QED) is 0.0515. The fourth-order valence-corrected chi connectivity index (χ4v) is 4.55. The van der Waals surface area contributed by atoms with Crippen LogP contribution in [0.4, 0.5) is 4.79 Å². The van der Waals surface area contributed by atoms with E-state index < -0.39 is 29.4 Å². The van der Waals surface area contributed by atoms with Crippen LogP contribution >= 0.6 is 0 Å². The molecule has 0 aliphatic heterocycles. The molecule has 2 aromatic carbocycles. The molecule has 224 valence electrons. The van der Waals surface area contributed by atoms with Gasteiger partial charge in [-0.3, -0.25) is 24.4 Å². The van der Waals surface area contributed by atoms with Crippen LogP contribution in [0.25, 0.3) is 0 Å². The van der Waals surface area contributed by atoms with Gasteiger partial charge in [-0.05, 0) is 55.5 Å². The van der Waals surface area contributed by atoms with Gasteiger partial charge in [-0.2, -0.15) is 8.42 Å². The highest BCUT2D eigenvalue weighted by molar-refractivity contribution is 7.85. The zero-order valence-electron chi connectivity index (χ0n) is 22.5. The summed E-state index contributed by atoms with van der Waals surface area (Å²) in [5.41, 5.74) is 7.90. The van der Waals surface area contributed by atoms with Crippen LogP contribution in [0.15, 0.2) is 58.4 Å². The minimum absolute atomic E-state index is 0.0741. The number of nitrogens with zero attached hydrogens (tertiary/aromatic N) is 2. The first kappa shape index (κ1) is 33.3. The number of ether oxygens (including phenoxy) is 2. The minimum Gasteiger partial charge on any atom is -0.493 e. The van der Waals surface area contributed by atoms with E-state index in [-0.39, 0.29) is 27.6 Å². The van der Waals surface area contributed by atoms with E-state index in [0.29, 0.717) is 43.7 Å². The number of hydroxylamine groups is 1. The predicted octanol–water partition coefficient (Wildman–Crippen LogP) is 0.150. The van der Waals surface area contributed by atoms with Gasteiger partial charge in [0.15, 0.2) is 17.5 Å². The number of urea groups is 1. The summed E-state index contributed by atoms with van der Waals surface area (Å²) in [5.74, 6) is 0.407. The lowest BCUT2D eigenvalue weighted by molar-refractivity contribution is -0.124. The van der Waals surface area contributed by atoms with Gasteiger partial charge in [-0.1, -0.05) is 24.3 Å². The number of methoxy groups -OCH3 is 2. The standard InChI is InChI=1S/C18H28BN5O7.C6H6O3S/c1-30-14-6-3-11(9-15(14)31-2)7-8-21-16(25)12-4-5-13(10-12)22-17(20)24(19(27)28)18(26)23-29;7-10(8,9)6-4-2-1-3-5-6/h3,6,9,12-13,27-29H,4-5,7-8,10H2,1-2H3,(H2,20,22)(H,21,25)(H,23,26);1-5H,(H,7,8,9). The van der Waals surface area contributed by atoms with E-state index in [1.165, 1.54) is 17.6 Å². The van der Waals surface area contributed by atoms with Gasteiger partial charge in [0.05, 0.1) is 25.2 Å². The van der Waals surface area contributed by atoms with Crippen molar-refractivity contribution in [1.29, 1.82) is 0 Å². The molecule has 41 heavy (non-hydrogen) atoms. The number of benzene rings is 2. The fourth-order valence-electron chi connectivity index (χ4n) is 4.05. The molecule has 1 aliphatic rings. The van der Waals surface area contributed by atoms with Crippen molar-refractivity contribution in [2.75, 3.05) is 20.8 Å². The number of rotatable bonds is 9. The summed E-state index contributed by atoms with van der Waals surface area (Å²) in [6.45, 7) is 0.446. The molecular weight excluding hydrogens is 561 g/mol. The van der Waals surface area contributed by atoms with Gasteiger partial charge in [-0.15, -0.1) is 0 Å². The van der Waals surface area contributed by atoms with E-state index in [1.807, 2.05) is 18.2 Å². The van der Waals surface area contributed by atoms with Crippen molar-refractivity contribution in [3.63, 3.8) is 0 Å². The van der Waals surface area contributed by atoms with Crippen LogP contribution in [0, 0.1) is 5.92 Å². The van der Waals surface area contributed by atoms with Gasteiger partial charge in [0.25, 0.3) is 10.1 Å². The third kappa shape index (κ3) is 10.2. The van der Waals surface area contributed by atoms with Gasteiger partial charge < -0.3 is 30.6 Å². The second-order valence-corrected chi connectivity index (χ2v) is 10.2. The highest BCUT2D eigenvalue weighted by Gasteiger charge is 2.33. The van der Waals surface area contributed by atoms with Crippen molar-refractivity contribution in [2.24, 2.45) is 16.6 Å². The Labute approximate surface area is 237 Å². The lowest BCUT2D eigenvalue weighted by atomic mass is 10.1. The highest BCUT2D eigenvalue weighted by Crippen LogP contribution is 2.29. The maximum Gasteiger partial charge on any atom is 0.598 e. The Kier molecular flexibility index (Phi) is 12.8. The number of hydrogen-bond acceptors (Lipinski definition) is 10. The first-order valence-corrected chi connectivity index (χ1v) is 13.8. The second-order valence-electron chi connectivity index (χ2n) is 8.80. The molecule has 17 heteroatoms. The van der Waals surface area contributed by atoms with Crippen LogP contribution in [0.3, 0.4) is 0 Å². The van der Waals surface area contributed by atoms with E-state index >= 15 is 0 Å². The number of carbonyl (C=O) groups is 2. The second kappa shape index (κ2) is 15.8. The van der Waals surface area contributed by atoms with E-state index in [1.54, 1.807) is 32.4 Å². The molecule has 2 aromatic rings. The lowest BCUT2D eigenvalue weighted by Crippen LogP contribution is -2.55. The summed E-state index contributed by atoms with van der Waals surface area (Å²) < 4.78 is 39.7. The molecule has 0 bridgehead atoms. The van der Waals surface area contributed by atoms with Crippen molar-refractivity contribution in [1.82, 2.24) is 15.6 Å². The molecule has 2 atom stereocenters. The Morgan fingerprint density at radius 1 is 1.10 bits per heavy atom. The van der Waals surface area contributed by atoms with E-state index in [9.17, 15) is 28.1 Å². The molecule has 0 spiro atoms. The summed E-state index contributed by atoms with van der Waals surface area (Å²) in [6.07, 6.45) is 2.15. The molecule has 1 saturated carbocycles. The third-order valence-electron chi connectivity index (χ3n) is 6.08. The van der Waals surface area contributed by atoms with Gasteiger partial charge >= 0.3 is 13.3 Å². The van der Waals surface area contributed by atoms with Gasteiger partial charge in [0, 0.05) is 12.5 Å². The van der Waals surface area contributed by atoms with Crippen LogP contribution in [-0.4, -0.2) is 85.0 Å². The SMILES string of the molecule is COc1ccc(CCNC(=O)C2CCC(N=C(N)N(B(O)O)C(=O)NO)C2)cc1OC.O=S(=O)(O)c1ccccc1. The molecule has 0 radical (unpaired) electrons. The molecule has 3 amide bonds. The number of guanidine groups is 1. The normalized spacial score (nSPS) is 16.6. The van der Waals surface area contributed by atoms with E-state index in [4.69, 9.17) is 25.0 Å². The van der Waals surface area contributed by atoms with Crippen LogP contribution in [0.2, 0.25) is 0 Å². The Balaban J connectivity index is 0.000000493. The molecular formula is C24H34BN5O10S. The first-order valence-electron chi connectivity index (χ1n) is 12.3. The molecule has 3 rings (SSSR count). The molecule has 1 fully saturated rings. The average Bonchev–Trinajstić information content (AvgIpc) is 3.41. The number of hydrogen-bond donors (Lipinski definition) is 7. The number of nitrogens with one attached hydrogen (secondary N) is 2. The maximum absolute atomic E-state index is 12.5. The first-order chi connectivity index (χ1) is 19.4. The van der Waals surface area contributed by atoms with Crippen molar-refractivity contribution in [2.45, 2.75) is 36.6 Å². The van der Waals surface area contributed by atoms with Gasteiger partial charge in [-0.25, -0.2) is 10.3 Å². The third-order valence-corrected chi connectivity index (χ3v) is 6.95. The molecule has 0 heterocycles.